The van der Waals surface area contributed by atoms with Crippen LogP contribution in [0.3, 0.4) is 0 Å². The molecule has 0 bridgehead atoms. The Balaban J connectivity index is 1.74. The first kappa shape index (κ1) is 18.0. The van der Waals surface area contributed by atoms with Gasteiger partial charge in [0.2, 0.25) is 0 Å². The third-order valence-electron chi connectivity index (χ3n) is 3.20. The SMILES string of the molecule is CCOc1ccc(NC(=O)C(=O)NCC[C@@H](O)c2cccs2)cc1. The number of nitrogens with one attached hydrogen (secondary N) is 2. The van der Waals surface area contributed by atoms with Gasteiger partial charge in [-0.15, -0.1) is 11.3 Å². The van der Waals surface area contributed by atoms with Crippen LogP contribution >= 0.6 is 11.3 Å². The third-order valence-corrected chi connectivity index (χ3v) is 4.18. The van der Waals surface area contributed by atoms with Crippen molar-refractivity contribution in [2.45, 2.75) is 19.4 Å². The molecule has 2 amide bonds. The lowest BCUT2D eigenvalue weighted by atomic mass is 10.2. The van der Waals surface area contributed by atoms with Crippen molar-refractivity contribution in [2.75, 3.05) is 18.5 Å². The first-order valence-electron chi connectivity index (χ1n) is 7.63. The highest BCUT2D eigenvalue weighted by atomic mass is 32.1. The number of ether oxygens (including phenoxy) is 1. The van der Waals surface area contributed by atoms with E-state index < -0.39 is 17.9 Å². The van der Waals surface area contributed by atoms with E-state index in [0.29, 0.717) is 24.5 Å². The van der Waals surface area contributed by atoms with Gasteiger partial charge in [-0.3, -0.25) is 9.59 Å². The van der Waals surface area contributed by atoms with E-state index in [-0.39, 0.29) is 6.54 Å². The second kappa shape index (κ2) is 9.05. The summed E-state index contributed by atoms with van der Waals surface area (Å²) >= 11 is 1.45. The molecule has 1 heterocycles. The van der Waals surface area contributed by atoms with E-state index >= 15 is 0 Å². The number of hydrogen-bond acceptors (Lipinski definition) is 5. The van der Waals surface area contributed by atoms with Crippen LogP contribution in [0.25, 0.3) is 0 Å². The smallest absolute Gasteiger partial charge is 0.313 e. The average Bonchev–Trinajstić information content (AvgIpc) is 3.11. The molecule has 3 N–H and O–H groups in total. The Morgan fingerprint density at radius 1 is 1.21 bits per heavy atom. The molecule has 1 atom stereocenters. The molecule has 0 radical (unpaired) electrons. The molecule has 0 aliphatic heterocycles. The molecular weight excluding hydrogens is 328 g/mol. The van der Waals surface area contributed by atoms with Gasteiger partial charge in [-0.05, 0) is 49.1 Å². The molecule has 1 aromatic heterocycles. The molecule has 2 aromatic rings. The zero-order chi connectivity index (χ0) is 17.4. The first-order chi connectivity index (χ1) is 11.6. The van der Waals surface area contributed by atoms with Crippen LogP contribution in [0.1, 0.15) is 24.3 Å². The zero-order valence-electron chi connectivity index (χ0n) is 13.3. The summed E-state index contributed by atoms with van der Waals surface area (Å²) in [6.45, 7) is 2.66. The monoisotopic (exact) mass is 348 g/mol. The molecule has 0 fully saturated rings. The number of thiophene rings is 1. The molecule has 0 spiro atoms. The minimum absolute atomic E-state index is 0.217. The van der Waals surface area contributed by atoms with E-state index in [4.69, 9.17) is 4.74 Å². The van der Waals surface area contributed by atoms with E-state index in [1.165, 1.54) is 11.3 Å². The number of aliphatic hydroxyl groups excluding tert-OH is 1. The number of hydrogen-bond donors (Lipinski definition) is 3. The molecule has 128 valence electrons. The van der Waals surface area contributed by atoms with Crippen molar-refractivity contribution in [3.63, 3.8) is 0 Å². The minimum Gasteiger partial charge on any atom is -0.494 e. The number of rotatable bonds is 7. The lowest BCUT2D eigenvalue weighted by molar-refractivity contribution is -0.136. The molecule has 1 aromatic carbocycles. The zero-order valence-corrected chi connectivity index (χ0v) is 14.1. The van der Waals surface area contributed by atoms with Crippen LogP contribution in [0.4, 0.5) is 5.69 Å². The van der Waals surface area contributed by atoms with E-state index in [1.807, 2.05) is 24.4 Å². The molecule has 24 heavy (non-hydrogen) atoms. The Morgan fingerprint density at radius 2 is 1.96 bits per heavy atom. The normalized spacial score (nSPS) is 11.6. The van der Waals surface area contributed by atoms with E-state index in [0.717, 1.165) is 4.88 Å². The van der Waals surface area contributed by atoms with Crippen LogP contribution in [0.2, 0.25) is 0 Å². The molecule has 7 heteroatoms. The van der Waals surface area contributed by atoms with Crippen molar-refractivity contribution in [1.82, 2.24) is 5.32 Å². The van der Waals surface area contributed by atoms with Crippen LogP contribution in [0, 0.1) is 0 Å². The van der Waals surface area contributed by atoms with Crippen molar-refractivity contribution in [3.05, 3.63) is 46.7 Å². The Kier molecular flexibility index (Phi) is 6.77. The maximum atomic E-state index is 11.8. The summed E-state index contributed by atoms with van der Waals surface area (Å²) in [7, 11) is 0. The second-order valence-corrected chi connectivity index (χ2v) is 5.97. The second-order valence-electron chi connectivity index (χ2n) is 4.99. The summed E-state index contributed by atoms with van der Waals surface area (Å²) in [5.74, 6) is -0.783. The van der Waals surface area contributed by atoms with Gasteiger partial charge in [-0.2, -0.15) is 0 Å². The summed E-state index contributed by atoms with van der Waals surface area (Å²) < 4.78 is 5.30. The molecule has 6 nitrogen and oxygen atoms in total. The number of anilines is 1. The minimum atomic E-state index is -0.746. The highest BCUT2D eigenvalue weighted by Crippen LogP contribution is 2.21. The topological polar surface area (TPSA) is 87.7 Å². The standard InChI is InChI=1S/C17H20N2O4S/c1-2-23-13-7-5-12(6-8-13)19-17(22)16(21)18-10-9-14(20)15-4-3-11-24-15/h3-8,11,14,20H,2,9-10H2,1H3,(H,18,21)(H,19,22)/t14-/m1/s1. The van der Waals surface area contributed by atoms with Crippen molar-refractivity contribution >= 4 is 28.8 Å². The van der Waals surface area contributed by atoms with Crippen LogP contribution in [0.5, 0.6) is 5.75 Å². The quantitative estimate of drug-likeness (QED) is 0.670. The van der Waals surface area contributed by atoms with Crippen molar-refractivity contribution in [1.29, 1.82) is 0 Å². The fourth-order valence-electron chi connectivity index (χ4n) is 2.01. The van der Waals surface area contributed by atoms with Crippen LogP contribution in [-0.2, 0) is 9.59 Å². The number of carbonyl (C=O) groups excluding carboxylic acids is 2. The lowest BCUT2D eigenvalue weighted by Gasteiger charge is -2.10. The average molecular weight is 348 g/mol. The van der Waals surface area contributed by atoms with Gasteiger partial charge in [0.15, 0.2) is 0 Å². The number of carbonyl (C=O) groups is 2. The number of aliphatic hydroxyl groups is 1. The van der Waals surface area contributed by atoms with Crippen molar-refractivity contribution < 1.29 is 19.4 Å². The van der Waals surface area contributed by atoms with Crippen LogP contribution in [0.15, 0.2) is 41.8 Å². The van der Waals surface area contributed by atoms with Gasteiger partial charge in [-0.25, -0.2) is 0 Å². The molecule has 0 saturated heterocycles. The summed E-state index contributed by atoms with van der Waals surface area (Å²) in [6, 6.07) is 10.4. The number of benzene rings is 1. The summed E-state index contributed by atoms with van der Waals surface area (Å²) in [6.07, 6.45) is -0.290. The Morgan fingerprint density at radius 3 is 2.58 bits per heavy atom. The number of amides is 2. The maximum Gasteiger partial charge on any atom is 0.313 e. The third kappa shape index (κ3) is 5.36. The lowest BCUT2D eigenvalue weighted by Crippen LogP contribution is -2.36. The highest BCUT2D eigenvalue weighted by molar-refractivity contribution is 7.10. The van der Waals surface area contributed by atoms with Crippen molar-refractivity contribution in [3.8, 4) is 5.75 Å². The first-order valence-corrected chi connectivity index (χ1v) is 8.51. The van der Waals surface area contributed by atoms with Gasteiger partial charge in [0.25, 0.3) is 0 Å². The Hall–Kier alpha value is -2.38. The van der Waals surface area contributed by atoms with Crippen molar-refractivity contribution in [2.24, 2.45) is 0 Å². The van der Waals surface area contributed by atoms with Crippen LogP contribution in [-0.4, -0.2) is 30.1 Å². The van der Waals surface area contributed by atoms with E-state index in [1.54, 1.807) is 24.3 Å². The van der Waals surface area contributed by atoms with Gasteiger partial charge in [0.05, 0.1) is 12.7 Å². The van der Waals surface area contributed by atoms with Gasteiger partial charge < -0.3 is 20.5 Å². The molecule has 0 saturated carbocycles. The fourth-order valence-corrected chi connectivity index (χ4v) is 2.76. The predicted octanol–water partition coefficient (Wildman–Crippen LogP) is 2.33. The maximum absolute atomic E-state index is 11.8. The molecule has 2 rings (SSSR count). The molecule has 0 aliphatic carbocycles. The predicted molar refractivity (Wildman–Crippen MR) is 93.1 cm³/mol. The van der Waals surface area contributed by atoms with Gasteiger partial charge in [0, 0.05) is 17.1 Å². The van der Waals surface area contributed by atoms with Gasteiger partial charge in [0.1, 0.15) is 5.75 Å². The fraction of sp³-hybridized carbons (Fsp3) is 0.294. The summed E-state index contributed by atoms with van der Waals surface area (Å²) in [5.41, 5.74) is 0.511. The Bertz CT molecular complexity index is 656. The summed E-state index contributed by atoms with van der Waals surface area (Å²) in [5, 5.41) is 16.8. The molecule has 0 aliphatic rings. The van der Waals surface area contributed by atoms with E-state index in [9.17, 15) is 14.7 Å². The highest BCUT2D eigenvalue weighted by Gasteiger charge is 2.15. The molecule has 0 unspecified atom stereocenters. The van der Waals surface area contributed by atoms with Crippen LogP contribution < -0.4 is 15.4 Å². The van der Waals surface area contributed by atoms with Gasteiger partial charge >= 0.3 is 11.8 Å². The van der Waals surface area contributed by atoms with E-state index in [2.05, 4.69) is 10.6 Å². The van der Waals surface area contributed by atoms with Gasteiger partial charge in [-0.1, -0.05) is 6.07 Å². The summed E-state index contributed by atoms with van der Waals surface area (Å²) in [4.78, 5) is 24.4. The Labute approximate surface area is 144 Å². The largest absolute Gasteiger partial charge is 0.494 e. The molecular formula is C17H20N2O4S.